The first-order chi connectivity index (χ1) is 15.0. The van der Waals surface area contributed by atoms with Crippen LogP contribution < -0.4 is 4.90 Å². The monoisotopic (exact) mass is 448 g/mol. The van der Waals surface area contributed by atoms with E-state index in [1.54, 1.807) is 23.1 Å². The van der Waals surface area contributed by atoms with Gasteiger partial charge in [0.25, 0.3) is 5.91 Å². The molecule has 156 valence electrons. The lowest BCUT2D eigenvalue weighted by molar-refractivity contribution is 0.0954. The number of carbonyl (C=O) groups excluding carboxylic acids is 1. The van der Waals surface area contributed by atoms with Gasteiger partial charge in [0.15, 0.2) is 10.1 Å². The molecule has 0 spiro atoms. The topological polar surface area (TPSA) is 83.0 Å². The van der Waals surface area contributed by atoms with Gasteiger partial charge in [0.2, 0.25) is 0 Å². The molecule has 0 aliphatic heterocycles. The third-order valence-electron chi connectivity index (χ3n) is 4.73. The Morgan fingerprint density at radius 1 is 1.23 bits per heavy atom. The van der Waals surface area contributed by atoms with Crippen molar-refractivity contribution in [2.24, 2.45) is 0 Å². The SMILES string of the molecule is Cc1nnc(SCc2c(C(=O)N(c3cccc(C#N)c3)C(C)C)oc3ccccc23)s1. The molecule has 2 heterocycles. The third kappa shape index (κ3) is 4.33. The van der Waals surface area contributed by atoms with Crippen molar-refractivity contribution >= 4 is 45.7 Å². The number of thioether (sulfide) groups is 1. The number of benzene rings is 2. The first-order valence-electron chi connectivity index (χ1n) is 9.75. The highest BCUT2D eigenvalue weighted by molar-refractivity contribution is 8.00. The van der Waals surface area contributed by atoms with E-state index >= 15 is 0 Å². The number of rotatable bonds is 6. The van der Waals surface area contributed by atoms with E-state index < -0.39 is 0 Å². The summed E-state index contributed by atoms with van der Waals surface area (Å²) in [4.78, 5) is 15.4. The van der Waals surface area contributed by atoms with E-state index in [1.165, 1.54) is 23.1 Å². The van der Waals surface area contributed by atoms with Crippen LogP contribution in [0, 0.1) is 18.3 Å². The smallest absolute Gasteiger partial charge is 0.294 e. The summed E-state index contributed by atoms with van der Waals surface area (Å²) in [5, 5.41) is 19.3. The van der Waals surface area contributed by atoms with Gasteiger partial charge in [0.05, 0.1) is 11.6 Å². The Morgan fingerprint density at radius 2 is 2.03 bits per heavy atom. The third-order valence-corrected chi connectivity index (χ3v) is 6.73. The largest absolute Gasteiger partial charge is 0.451 e. The van der Waals surface area contributed by atoms with Crippen LogP contribution in [0.4, 0.5) is 5.69 Å². The maximum absolute atomic E-state index is 13.7. The van der Waals surface area contributed by atoms with Crippen LogP contribution in [0.15, 0.2) is 57.3 Å². The second-order valence-electron chi connectivity index (χ2n) is 7.21. The van der Waals surface area contributed by atoms with Gasteiger partial charge in [0.1, 0.15) is 10.6 Å². The van der Waals surface area contributed by atoms with Gasteiger partial charge in [-0.05, 0) is 45.0 Å². The fraction of sp³-hybridized carbons (Fsp3) is 0.217. The molecule has 0 fully saturated rings. The minimum Gasteiger partial charge on any atom is -0.451 e. The summed E-state index contributed by atoms with van der Waals surface area (Å²) in [5.41, 5.74) is 2.67. The van der Waals surface area contributed by atoms with Gasteiger partial charge in [-0.2, -0.15) is 5.26 Å². The Labute approximate surface area is 188 Å². The molecule has 0 saturated heterocycles. The maximum atomic E-state index is 13.7. The average molecular weight is 449 g/mol. The zero-order valence-corrected chi connectivity index (χ0v) is 19.0. The second-order valence-corrected chi connectivity index (χ2v) is 9.62. The number of carbonyl (C=O) groups is 1. The van der Waals surface area contributed by atoms with E-state index in [-0.39, 0.29) is 11.9 Å². The second kappa shape index (κ2) is 8.92. The van der Waals surface area contributed by atoms with Crippen LogP contribution in [-0.4, -0.2) is 22.1 Å². The van der Waals surface area contributed by atoms with Crippen LogP contribution in [0.25, 0.3) is 11.0 Å². The van der Waals surface area contributed by atoms with E-state index in [0.29, 0.717) is 28.3 Å². The van der Waals surface area contributed by atoms with Gasteiger partial charge in [-0.15, -0.1) is 10.2 Å². The predicted octanol–water partition coefficient (Wildman–Crippen LogP) is 5.81. The van der Waals surface area contributed by atoms with Crippen molar-refractivity contribution < 1.29 is 9.21 Å². The molecule has 0 unspecified atom stereocenters. The molecule has 2 aromatic heterocycles. The van der Waals surface area contributed by atoms with Crippen molar-refractivity contribution in [3.05, 3.63) is 70.4 Å². The zero-order chi connectivity index (χ0) is 22.0. The molecule has 0 saturated carbocycles. The fourth-order valence-electron chi connectivity index (χ4n) is 3.37. The van der Waals surface area contributed by atoms with E-state index in [0.717, 1.165) is 20.3 Å². The lowest BCUT2D eigenvalue weighted by Crippen LogP contribution is -2.37. The summed E-state index contributed by atoms with van der Waals surface area (Å²) in [6.45, 7) is 5.80. The summed E-state index contributed by atoms with van der Waals surface area (Å²) < 4.78 is 6.91. The fourth-order valence-corrected chi connectivity index (χ4v) is 5.21. The molecule has 0 aliphatic carbocycles. The van der Waals surface area contributed by atoms with E-state index in [4.69, 9.17) is 4.42 Å². The summed E-state index contributed by atoms with van der Waals surface area (Å²) >= 11 is 3.06. The maximum Gasteiger partial charge on any atom is 0.294 e. The molecule has 0 radical (unpaired) electrons. The number of para-hydroxylation sites is 1. The van der Waals surface area contributed by atoms with Gasteiger partial charge >= 0.3 is 0 Å². The predicted molar refractivity (Wildman–Crippen MR) is 124 cm³/mol. The Bertz CT molecular complexity index is 1290. The van der Waals surface area contributed by atoms with Crippen molar-refractivity contribution in [3.8, 4) is 6.07 Å². The number of hydrogen-bond acceptors (Lipinski definition) is 7. The summed E-state index contributed by atoms with van der Waals surface area (Å²) in [6.07, 6.45) is 0. The van der Waals surface area contributed by atoms with Crippen LogP contribution in [0.3, 0.4) is 0 Å². The Hall–Kier alpha value is -3.15. The number of furan rings is 1. The molecule has 8 heteroatoms. The molecule has 1 amide bonds. The van der Waals surface area contributed by atoms with Crippen LogP contribution in [-0.2, 0) is 5.75 Å². The molecular formula is C23H20N4O2S2. The van der Waals surface area contributed by atoms with Crippen LogP contribution in [0.1, 0.15) is 40.5 Å². The van der Waals surface area contributed by atoms with Crippen LogP contribution in [0.5, 0.6) is 0 Å². The first kappa shape index (κ1) is 21.1. The van der Waals surface area contributed by atoms with Crippen molar-refractivity contribution in [3.63, 3.8) is 0 Å². The molecule has 2 aromatic carbocycles. The Kier molecular flexibility index (Phi) is 6.07. The molecule has 6 nitrogen and oxygen atoms in total. The van der Waals surface area contributed by atoms with Crippen molar-refractivity contribution in [1.82, 2.24) is 10.2 Å². The first-order valence-corrected chi connectivity index (χ1v) is 11.5. The van der Waals surface area contributed by atoms with Crippen molar-refractivity contribution in [2.75, 3.05) is 4.90 Å². The molecule has 4 aromatic rings. The number of amides is 1. The molecule has 31 heavy (non-hydrogen) atoms. The minimum atomic E-state index is -0.231. The highest BCUT2D eigenvalue weighted by atomic mass is 32.2. The number of aromatic nitrogens is 2. The number of fused-ring (bicyclic) bond motifs is 1. The van der Waals surface area contributed by atoms with E-state index in [2.05, 4.69) is 16.3 Å². The van der Waals surface area contributed by atoms with Crippen molar-refractivity contribution in [2.45, 2.75) is 36.9 Å². The van der Waals surface area contributed by atoms with Crippen molar-refractivity contribution in [1.29, 1.82) is 5.26 Å². The average Bonchev–Trinajstić information content (AvgIpc) is 3.35. The summed E-state index contributed by atoms with van der Waals surface area (Å²) in [7, 11) is 0. The van der Waals surface area contributed by atoms with Gasteiger partial charge in [-0.25, -0.2) is 0 Å². The summed E-state index contributed by atoms with van der Waals surface area (Å²) in [5.74, 6) is 0.619. The highest BCUT2D eigenvalue weighted by Gasteiger charge is 2.28. The number of hydrogen-bond donors (Lipinski definition) is 0. The molecular weight excluding hydrogens is 428 g/mol. The molecule has 0 N–H and O–H groups in total. The van der Waals surface area contributed by atoms with Gasteiger partial charge in [-0.3, -0.25) is 4.79 Å². The standard InChI is InChI=1S/C23H20N4O2S2/c1-14(2)27(17-8-6-7-16(11-17)12-24)22(28)21-19(13-30-23-26-25-15(3)31-23)18-9-4-5-10-20(18)29-21/h4-11,14H,13H2,1-3H3. The number of nitrogens with zero attached hydrogens (tertiary/aromatic N) is 4. The van der Waals surface area contributed by atoms with Gasteiger partial charge in [-0.1, -0.05) is 47.4 Å². The summed E-state index contributed by atoms with van der Waals surface area (Å²) in [6, 6.07) is 16.7. The lowest BCUT2D eigenvalue weighted by atomic mass is 10.1. The molecule has 0 bridgehead atoms. The zero-order valence-electron chi connectivity index (χ0n) is 17.3. The molecule has 0 aliphatic rings. The van der Waals surface area contributed by atoms with Crippen LogP contribution >= 0.6 is 23.1 Å². The Balaban J connectivity index is 1.76. The quantitative estimate of drug-likeness (QED) is 0.346. The number of anilines is 1. The molecule has 0 atom stereocenters. The number of aryl methyl sites for hydroxylation is 1. The van der Waals surface area contributed by atoms with Gasteiger partial charge in [0, 0.05) is 28.4 Å². The Morgan fingerprint density at radius 3 is 2.74 bits per heavy atom. The highest BCUT2D eigenvalue weighted by Crippen LogP contribution is 2.34. The number of nitriles is 1. The minimum absolute atomic E-state index is 0.124. The normalized spacial score (nSPS) is 11.1. The van der Waals surface area contributed by atoms with E-state index in [9.17, 15) is 10.1 Å². The lowest BCUT2D eigenvalue weighted by Gasteiger charge is -2.26. The van der Waals surface area contributed by atoms with Gasteiger partial charge < -0.3 is 9.32 Å². The molecule has 4 rings (SSSR count). The van der Waals surface area contributed by atoms with E-state index in [1.807, 2.05) is 51.1 Å². The van der Waals surface area contributed by atoms with Crippen LogP contribution in [0.2, 0.25) is 0 Å².